The van der Waals surface area contributed by atoms with E-state index >= 15 is 0 Å². The molecule has 0 atom stereocenters. The van der Waals surface area contributed by atoms with Crippen LogP contribution in [-0.4, -0.2) is 24.7 Å². The predicted octanol–water partition coefficient (Wildman–Crippen LogP) is 1.66. The summed E-state index contributed by atoms with van der Waals surface area (Å²) in [5.41, 5.74) is 0.444. The molecular formula is C10H13NO3. The normalized spacial score (nSPS) is 9.57. The number of methoxy groups -OCH3 is 1. The zero-order valence-corrected chi connectivity index (χ0v) is 8.32. The number of hydrogen-bond donors (Lipinski definition) is 0. The Balaban J connectivity index is 2.62. The van der Waals surface area contributed by atoms with E-state index in [9.17, 15) is 4.79 Å². The molecule has 0 aliphatic heterocycles. The van der Waals surface area contributed by atoms with Crippen LogP contribution in [0.3, 0.4) is 0 Å². The van der Waals surface area contributed by atoms with Crippen molar-refractivity contribution in [2.75, 3.05) is 13.7 Å². The molecule has 0 aromatic carbocycles. The van der Waals surface area contributed by atoms with E-state index in [1.807, 2.05) is 6.92 Å². The number of carbonyl (C=O) groups is 1. The van der Waals surface area contributed by atoms with Crippen LogP contribution < -0.4 is 4.74 Å². The maximum absolute atomic E-state index is 11.3. The fourth-order valence-corrected chi connectivity index (χ4v) is 0.900. The average Bonchev–Trinajstić information content (AvgIpc) is 2.26. The molecule has 0 radical (unpaired) electrons. The molecule has 76 valence electrons. The molecule has 1 aromatic rings. The summed E-state index contributed by atoms with van der Waals surface area (Å²) in [5, 5.41) is 0. The molecule has 0 saturated heterocycles. The Hall–Kier alpha value is -1.58. The average molecular weight is 195 g/mol. The molecule has 0 aliphatic rings. The molecule has 1 aromatic heterocycles. The lowest BCUT2D eigenvalue weighted by atomic mass is 10.3. The third-order valence-electron chi connectivity index (χ3n) is 1.62. The van der Waals surface area contributed by atoms with E-state index in [1.165, 1.54) is 13.3 Å². The molecule has 0 amide bonds. The molecule has 14 heavy (non-hydrogen) atoms. The first kappa shape index (κ1) is 10.5. The van der Waals surface area contributed by atoms with Crippen LogP contribution >= 0.6 is 0 Å². The Morgan fingerprint density at radius 2 is 2.29 bits per heavy atom. The summed E-state index contributed by atoms with van der Waals surface area (Å²) in [7, 11) is 1.53. The molecule has 0 bridgehead atoms. The molecule has 0 saturated carbocycles. The minimum atomic E-state index is -0.345. The molecule has 0 unspecified atom stereocenters. The van der Waals surface area contributed by atoms with Crippen LogP contribution in [0.2, 0.25) is 0 Å². The summed E-state index contributed by atoms with van der Waals surface area (Å²) < 4.78 is 9.80. The van der Waals surface area contributed by atoms with Crippen molar-refractivity contribution in [1.82, 2.24) is 4.98 Å². The number of rotatable bonds is 4. The number of esters is 1. The van der Waals surface area contributed by atoms with Gasteiger partial charge in [0.1, 0.15) is 0 Å². The molecule has 1 heterocycles. The van der Waals surface area contributed by atoms with Crippen LogP contribution in [0.15, 0.2) is 18.3 Å². The van der Waals surface area contributed by atoms with Gasteiger partial charge in [0.25, 0.3) is 0 Å². The lowest BCUT2D eigenvalue weighted by Crippen LogP contribution is -2.06. The molecule has 4 nitrogen and oxygen atoms in total. The fraction of sp³-hybridized carbons (Fsp3) is 0.400. The monoisotopic (exact) mass is 195 g/mol. The Labute approximate surface area is 82.9 Å². The molecule has 1 rings (SSSR count). The first-order valence-electron chi connectivity index (χ1n) is 4.45. The highest BCUT2D eigenvalue weighted by Gasteiger charge is 2.06. The Morgan fingerprint density at radius 1 is 1.50 bits per heavy atom. The van der Waals surface area contributed by atoms with E-state index in [2.05, 4.69) is 4.98 Å². The largest absolute Gasteiger partial charge is 0.481 e. The van der Waals surface area contributed by atoms with Gasteiger partial charge in [-0.3, -0.25) is 0 Å². The zero-order valence-electron chi connectivity index (χ0n) is 8.32. The first-order valence-corrected chi connectivity index (χ1v) is 4.45. The van der Waals surface area contributed by atoms with E-state index in [1.54, 1.807) is 12.1 Å². The summed E-state index contributed by atoms with van der Waals surface area (Å²) in [6.45, 7) is 2.38. The van der Waals surface area contributed by atoms with Gasteiger partial charge >= 0.3 is 5.97 Å². The Morgan fingerprint density at radius 3 is 2.79 bits per heavy atom. The van der Waals surface area contributed by atoms with E-state index in [-0.39, 0.29) is 5.97 Å². The van der Waals surface area contributed by atoms with Crippen molar-refractivity contribution in [3.05, 3.63) is 23.9 Å². The van der Waals surface area contributed by atoms with E-state index in [0.29, 0.717) is 18.1 Å². The highest BCUT2D eigenvalue weighted by molar-refractivity contribution is 5.89. The number of hydrogen-bond acceptors (Lipinski definition) is 4. The second kappa shape index (κ2) is 5.21. The summed E-state index contributed by atoms with van der Waals surface area (Å²) >= 11 is 0. The number of carbonyl (C=O) groups excluding carboxylic acids is 1. The number of pyridine rings is 1. The number of ether oxygens (including phenoxy) is 2. The van der Waals surface area contributed by atoms with Crippen LogP contribution in [0, 0.1) is 0 Å². The van der Waals surface area contributed by atoms with Gasteiger partial charge in [-0.1, -0.05) is 6.92 Å². The maximum atomic E-state index is 11.3. The minimum Gasteiger partial charge on any atom is -0.481 e. The fourth-order valence-electron chi connectivity index (χ4n) is 0.900. The quantitative estimate of drug-likeness (QED) is 0.685. The van der Waals surface area contributed by atoms with E-state index < -0.39 is 0 Å². The van der Waals surface area contributed by atoms with Gasteiger partial charge in [-0.25, -0.2) is 9.78 Å². The lowest BCUT2D eigenvalue weighted by molar-refractivity contribution is 0.0504. The summed E-state index contributed by atoms with van der Waals surface area (Å²) in [6, 6.07) is 3.26. The van der Waals surface area contributed by atoms with Crippen molar-refractivity contribution in [2.45, 2.75) is 13.3 Å². The summed E-state index contributed by atoms with van der Waals surface area (Å²) in [5.74, 6) is 0.138. The first-order chi connectivity index (χ1) is 6.77. The summed E-state index contributed by atoms with van der Waals surface area (Å²) in [4.78, 5) is 15.2. The minimum absolute atomic E-state index is 0.345. The van der Waals surface area contributed by atoms with Crippen LogP contribution in [0.5, 0.6) is 5.88 Å². The van der Waals surface area contributed by atoms with Gasteiger partial charge in [-0.05, 0) is 12.5 Å². The van der Waals surface area contributed by atoms with Crippen molar-refractivity contribution >= 4 is 5.97 Å². The smallest absolute Gasteiger partial charge is 0.339 e. The van der Waals surface area contributed by atoms with Crippen LogP contribution in [0.25, 0.3) is 0 Å². The van der Waals surface area contributed by atoms with Gasteiger partial charge in [-0.15, -0.1) is 0 Å². The third-order valence-corrected chi connectivity index (χ3v) is 1.62. The standard InChI is InChI=1S/C10H13NO3/c1-3-6-14-10(12)8-4-5-9(13-2)11-7-8/h4-5,7H,3,6H2,1-2H3. The molecule has 4 heteroatoms. The van der Waals surface area contributed by atoms with Gasteiger partial charge in [-0.2, -0.15) is 0 Å². The molecule has 0 aliphatic carbocycles. The molecule has 0 fully saturated rings. The maximum Gasteiger partial charge on any atom is 0.339 e. The van der Waals surface area contributed by atoms with Gasteiger partial charge in [0, 0.05) is 12.3 Å². The highest BCUT2D eigenvalue weighted by Crippen LogP contribution is 2.07. The second-order valence-electron chi connectivity index (χ2n) is 2.73. The van der Waals surface area contributed by atoms with Crippen LogP contribution in [0.4, 0.5) is 0 Å². The zero-order chi connectivity index (χ0) is 10.4. The predicted molar refractivity (Wildman–Crippen MR) is 51.4 cm³/mol. The van der Waals surface area contributed by atoms with Gasteiger partial charge in [0.15, 0.2) is 0 Å². The van der Waals surface area contributed by atoms with Crippen molar-refractivity contribution in [3.8, 4) is 5.88 Å². The second-order valence-corrected chi connectivity index (χ2v) is 2.73. The van der Waals surface area contributed by atoms with Crippen molar-refractivity contribution < 1.29 is 14.3 Å². The van der Waals surface area contributed by atoms with Gasteiger partial charge in [0.05, 0.1) is 19.3 Å². The Kier molecular flexibility index (Phi) is 3.91. The molecule has 0 N–H and O–H groups in total. The van der Waals surface area contributed by atoms with E-state index in [4.69, 9.17) is 9.47 Å². The van der Waals surface area contributed by atoms with Gasteiger partial charge in [0.2, 0.25) is 5.88 Å². The number of aromatic nitrogens is 1. The molecule has 0 spiro atoms. The van der Waals surface area contributed by atoms with Crippen LogP contribution in [-0.2, 0) is 4.74 Å². The van der Waals surface area contributed by atoms with Gasteiger partial charge < -0.3 is 9.47 Å². The highest BCUT2D eigenvalue weighted by atomic mass is 16.5. The lowest BCUT2D eigenvalue weighted by Gasteiger charge is -2.03. The molecular weight excluding hydrogens is 182 g/mol. The summed E-state index contributed by atoms with van der Waals surface area (Å²) in [6.07, 6.45) is 2.26. The third kappa shape index (κ3) is 2.73. The number of nitrogens with zero attached hydrogens (tertiary/aromatic N) is 1. The van der Waals surface area contributed by atoms with Crippen molar-refractivity contribution in [1.29, 1.82) is 0 Å². The van der Waals surface area contributed by atoms with Crippen LogP contribution in [0.1, 0.15) is 23.7 Å². The van der Waals surface area contributed by atoms with Crippen molar-refractivity contribution in [2.24, 2.45) is 0 Å². The van der Waals surface area contributed by atoms with Crippen molar-refractivity contribution in [3.63, 3.8) is 0 Å². The topological polar surface area (TPSA) is 48.4 Å². The Bertz CT molecular complexity index is 295. The van der Waals surface area contributed by atoms with E-state index in [0.717, 1.165) is 6.42 Å². The SMILES string of the molecule is CCCOC(=O)c1ccc(OC)nc1.